The zero-order chi connectivity index (χ0) is 17.4. The molecule has 0 unspecified atom stereocenters. The molecule has 25 heavy (non-hydrogen) atoms. The fourth-order valence-electron chi connectivity index (χ4n) is 3.34. The highest BCUT2D eigenvalue weighted by Gasteiger charge is 2.37. The van der Waals surface area contributed by atoms with Crippen LogP contribution in [0.15, 0.2) is 40.9 Å². The number of oxazole rings is 1. The second-order valence-electron chi connectivity index (χ2n) is 6.28. The molecule has 0 aliphatic carbocycles. The molecule has 0 N–H and O–H groups in total. The van der Waals surface area contributed by atoms with Gasteiger partial charge in [0.1, 0.15) is 11.6 Å². The van der Waals surface area contributed by atoms with E-state index in [4.69, 9.17) is 9.15 Å². The third-order valence-corrected chi connectivity index (χ3v) is 4.69. The van der Waals surface area contributed by atoms with Gasteiger partial charge in [-0.2, -0.15) is 10.1 Å². The molecule has 2 aromatic heterocycles. The molecule has 0 radical (unpaired) electrons. The zero-order valence-electron chi connectivity index (χ0n) is 14.3. The van der Waals surface area contributed by atoms with Crippen molar-refractivity contribution < 1.29 is 13.9 Å². The summed E-state index contributed by atoms with van der Waals surface area (Å²) in [5.41, 5.74) is 2.31. The van der Waals surface area contributed by atoms with Crippen LogP contribution in [0.2, 0.25) is 0 Å². The predicted molar refractivity (Wildman–Crippen MR) is 92.0 cm³/mol. The van der Waals surface area contributed by atoms with Crippen molar-refractivity contribution in [1.82, 2.24) is 14.8 Å². The largest absolute Gasteiger partial charge is 0.423 e. The van der Waals surface area contributed by atoms with Crippen LogP contribution in [-0.4, -0.2) is 34.3 Å². The van der Waals surface area contributed by atoms with E-state index in [2.05, 4.69) is 10.1 Å². The molecule has 130 valence electrons. The zero-order valence-corrected chi connectivity index (χ0v) is 14.3. The van der Waals surface area contributed by atoms with Gasteiger partial charge in [-0.1, -0.05) is 12.1 Å². The standard InChI is InChI=1S/C18H20N4O3/c1-21(18-20-13-7-3-4-8-15(13)25-18)17(23)12-6-5-11-24-16(12)14-9-10-19-22(14)2/h3-4,7-10,12,16H,5-6,11H2,1-2H3/t12-,16-/m1/s1. The Morgan fingerprint density at radius 1 is 1.32 bits per heavy atom. The van der Waals surface area contributed by atoms with Gasteiger partial charge in [-0.25, -0.2) is 0 Å². The lowest BCUT2D eigenvalue weighted by atomic mass is 9.91. The Morgan fingerprint density at radius 3 is 2.92 bits per heavy atom. The van der Waals surface area contributed by atoms with Crippen molar-refractivity contribution in [3.05, 3.63) is 42.2 Å². The smallest absolute Gasteiger partial charge is 0.304 e. The summed E-state index contributed by atoms with van der Waals surface area (Å²) >= 11 is 0. The average molecular weight is 340 g/mol. The van der Waals surface area contributed by atoms with E-state index in [1.54, 1.807) is 17.9 Å². The SMILES string of the molecule is CN(C(=O)[C@@H]1CCCO[C@H]1c1ccnn1C)c1nc2ccccc2o1. The molecule has 4 rings (SSSR count). The van der Waals surface area contributed by atoms with E-state index < -0.39 is 0 Å². The molecule has 0 saturated carbocycles. The number of carbonyl (C=O) groups excluding carboxylic acids is 1. The summed E-state index contributed by atoms with van der Waals surface area (Å²) in [4.78, 5) is 19.0. The number of hydrogen-bond donors (Lipinski definition) is 0. The highest BCUT2D eigenvalue weighted by atomic mass is 16.5. The molecule has 0 spiro atoms. The van der Waals surface area contributed by atoms with Crippen LogP contribution in [0.3, 0.4) is 0 Å². The monoisotopic (exact) mass is 340 g/mol. The van der Waals surface area contributed by atoms with Gasteiger partial charge in [0.2, 0.25) is 5.91 Å². The lowest BCUT2D eigenvalue weighted by Gasteiger charge is -2.32. The summed E-state index contributed by atoms with van der Waals surface area (Å²) in [6.07, 6.45) is 3.03. The molecule has 1 amide bonds. The fraction of sp³-hybridized carbons (Fsp3) is 0.389. The van der Waals surface area contributed by atoms with Crippen molar-refractivity contribution in [1.29, 1.82) is 0 Å². The van der Waals surface area contributed by atoms with Crippen molar-refractivity contribution >= 4 is 23.0 Å². The number of amides is 1. The summed E-state index contributed by atoms with van der Waals surface area (Å²) in [6, 6.07) is 9.68. The maximum Gasteiger partial charge on any atom is 0.304 e. The lowest BCUT2D eigenvalue weighted by Crippen LogP contribution is -2.39. The van der Waals surface area contributed by atoms with E-state index in [0.29, 0.717) is 18.2 Å². The molecule has 0 bridgehead atoms. The Morgan fingerprint density at radius 2 is 2.16 bits per heavy atom. The fourth-order valence-corrected chi connectivity index (χ4v) is 3.34. The predicted octanol–water partition coefficient (Wildman–Crippen LogP) is 2.69. The number of carbonyl (C=O) groups is 1. The molecular formula is C18H20N4O3. The van der Waals surface area contributed by atoms with Crippen LogP contribution in [0, 0.1) is 5.92 Å². The summed E-state index contributed by atoms with van der Waals surface area (Å²) in [7, 11) is 3.56. The van der Waals surface area contributed by atoms with E-state index in [1.165, 1.54) is 4.90 Å². The van der Waals surface area contributed by atoms with Crippen LogP contribution in [0.5, 0.6) is 0 Å². The topological polar surface area (TPSA) is 73.4 Å². The normalized spacial score (nSPS) is 20.7. The Kier molecular flexibility index (Phi) is 4.01. The van der Waals surface area contributed by atoms with Gasteiger partial charge in [-0.15, -0.1) is 0 Å². The molecule has 1 aliphatic heterocycles. The molecular weight excluding hydrogens is 320 g/mol. The summed E-state index contributed by atoms with van der Waals surface area (Å²) in [5.74, 6) is -0.346. The quantitative estimate of drug-likeness (QED) is 0.733. The first-order valence-corrected chi connectivity index (χ1v) is 8.38. The lowest BCUT2D eigenvalue weighted by molar-refractivity contribution is -0.132. The molecule has 3 aromatic rings. The first kappa shape index (κ1) is 15.8. The summed E-state index contributed by atoms with van der Waals surface area (Å²) in [5, 5.41) is 4.20. The van der Waals surface area contributed by atoms with Gasteiger partial charge in [0, 0.05) is 26.9 Å². The second-order valence-corrected chi connectivity index (χ2v) is 6.28. The van der Waals surface area contributed by atoms with Crippen LogP contribution >= 0.6 is 0 Å². The number of aryl methyl sites for hydroxylation is 1. The Labute approximate surface area is 145 Å². The molecule has 2 atom stereocenters. The minimum atomic E-state index is -0.305. The van der Waals surface area contributed by atoms with E-state index in [1.807, 2.05) is 37.4 Å². The molecule has 3 heterocycles. The van der Waals surface area contributed by atoms with Crippen LogP contribution < -0.4 is 4.90 Å². The van der Waals surface area contributed by atoms with Gasteiger partial charge in [0.05, 0.1) is 11.6 Å². The number of anilines is 1. The molecule has 1 saturated heterocycles. The number of para-hydroxylation sites is 2. The molecule has 7 heteroatoms. The first-order valence-electron chi connectivity index (χ1n) is 8.38. The molecule has 7 nitrogen and oxygen atoms in total. The van der Waals surface area contributed by atoms with Gasteiger partial charge in [-0.3, -0.25) is 14.4 Å². The summed E-state index contributed by atoms with van der Waals surface area (Å²) < 4.78 is 13.4. The molecule has 1 aromatic carbocycles. The minimum Gasteiger partial charge on any atom is -0.423 e. The third kappa shape index (κ3) is 2.80. The van der Waals surface area contributed by atoms with Crippen molar-refractivity contribution in [3.8, 4) is 0 Å². The minimum absolute atomic E-state index is 0.0579. The summed E-state index contributed by atoms with van der Waals surface area (Å²) in [6.45, 7) is 0.645. The number of ether oxygens (including phenoxy) is 1. The highest BCUT2D eigenvalue weighted by molar-refractivity contribution is 5.94. The van der Waals surface area contributed by atoms with Gasteiger partial charge in [0.15, 0.2) is 5.58 Å². The average Bonchev–Trinajstić information content (AvgIpc) is 3.26. The molecule has 1 fully saturated rings. The highest BCUT2D eigenvalue weighted by Crippen LogP contribution is 2.35. The number of benzene rings is 1. The van der Waals surface area contributed by atoms with E-state index in [9.17, 15) is 4.79 Å². The third-order valence-electron chi connectivity index (χ3n) is 4.69. The Balaban J connectivity index is 1.62. The second kappa shape index (κ2) is 6.33. The van der Waals surface area contributed by atoms with Crippen LogP contribution in [0.4, 0.5) is 6.01 Å². The van der Waals surface area contributed by atoms with Gasteiger partial charge < -0.3 is 9.15 Å². The number of hydrogen-bond acceptors (Lipinski definition) is 5. The van der Waals surface area contributed by atoms with E-state index in [0.717, 1.165) is 24.1 Å². The number of aromatic nitrogens is 3. The first-order chi connectivity index (χ1) is 12.1. The maximum atomic E-state index is 13.1. The van der Waals surface area contributed by atoms with Gasteiger partial charge >= 0.3 is 6.01 Å². The van der Waals surface area contributed by atoms with Crippen molar-refractivity contribution in [3.63, 3.8) is 0 Å². The van der Waals surface area contributed by atoms with Gasteiger partial charge in [-0.05, 0) is 31.0 Å². The Hall–Kier alpha value is -2.67. The van der Waals surface area contributed by atoms with Crippen LogP contribution in [-0.2, 0) is 16.6 Å². The number of fused-ring (bicyclic) bond motifs is 1. The van der Waals surface area contributed by atoms with Gasteiger partial charge in [0.25, 0.3) is 0 Å². The number of rotatable bonds is 3. The van der Waals surface area contributed by atoms with Crippen molar-refractivity contribution in [2.45, 2.75) is 18.9 Å². The number of nitrogens with zero attached hydrogens (tertiary/aromatic N) is 4. The Bertz CT molecular complexity index is 868. The van der Waals surface area contributed by atoms with E-state index in [-0.39, 0.29) is 17.9 Å². The van der Waals surface area contributed by atoms with Crippen LogP contribution in [0.25, 0.3) is 11.1 Å². The molecule has 1 aliphatic rings. The maximum absolute atomic E-state index is 13.1. The van der Waals surface area contributed by atoms with E-state index >= 15 is 0 Å². The van der Waals surface area contributed by atoms with Crippen molar-refractivity contribution in [2.75, 3.05) is 18.6 Å². The van der Waals surface area contributed by atoms with Crippen LogP contribution in [0.1, 0.15) is 24.6 Å². The van der Waals surface area contributed by atoms with Crippen molar-refractivity contribution in [2.24, 2.45) is 13.0 Å².